The number of nitrogens with zero attached hydrogens (tertiary/aromatic N) is 2. The average Bonchev–Trinajstić information content (AvgIpc) is 3.24. The van der Waals surface area contributed by atoms with Crippen molar-refractivity contribution in [3.8, 4) is 0 Å². The van der Waals surface area contributed by atoms with Crippen molar-refractivity contribution < 1.29 is 9.47 Å². The van der Waals surface area contributed by atoms with Crippen LogP contribution >= 0.6 is 24.0 Å². The van der Waals surface area contributed by atoms with E-state index in [1.54, 1.807) is 0 Å². The molecule has 0 aromatic carbocycles. The number of ether oxygens (including phenoxy) is 2. The minimum atomic E-state index is 0. The highest BCUT2D eigenvalue weighted by atomic mass is 127. The molecule has 1 atom stereocenters. The van der Waals surface area contributed by atoms with Crippen LogP contribution in [-0.4, -0.2) is 76.1 Å². The zero-order valence-corrected chi connectivity index (χ0v) is 20.0. The van der Waals surface area contributed by atoms with Crippen LogP contribution in [0.5, 0.6) is 0 Å². The predicted octanol–water partition coefficient (Wildman–Crippen LogP) is 3.01. The third kappa shape index (κ3) is 8.32. The van der Waals surface area contributed by atoms with E-state index in [2.05, 4.69) is 20.5 Å². The summed E-state index contributed by atoms with van der Waals surface area (Å²) in [4.78, 5) is 7.13. The molecule has 6 nitrogen and oxygen atoms in total. The Hall–Kier alpha value is -0.120. The summed E-state index contributed by atoms with van der Waals surface area (Å²) in [6, 6.07) is 1.41. The molecule has 2 saturated heterocycles. The van der Waals surface area contributed by atoms with Crippen LogP contribution in [0.1, 0.15) is 57.8 Å². The van der Waals surface area contributed by atoms with E-state index in [1.807, 2.05) is 7.05 Å². The number of hydrogen-bond donors (Lipinski definition) is 2. The summed E-state index contributed by atoms with van der Waals surface area (Å²) in [6.45, 7) is 6.79. The molecule has 1 unspecified atom stereocenters. The smallest absolute Gasteiger partial charge is 0.191 e. The SMILES string of the molecule is CN=C(NCCCOCC1CCOC1)NC1CCN(C2CCCCC2)CC1.I. The van der Waals surface area contributed by atoms with Gasteiger partial charge in [0.05, 0.1) is 13.2 Å². The van der Waals surface area contributed by atoms with Gasteiger partial charge in [0.2, 0.25) is 0 Å². The largest absolute Gasteiger partial charge is 0.381 e. The first-order valence-electron chi connectivity index (χ1n) is 11.2. The van der Waals surface area contributed by atoms with Gasteiger partial charge < -0.3 is 25.0 Å². The third-order valence-electron chi connectivity index (χ3n) is 6.32. The molecule has 2 aliphatic heterocycles. The van der Waals surface area contributed by atoms with Crippen molar-refractivity contribution in [2.24, 2.45) is 10.9 Å². The average molecular weight is 508 g/mol. The zero-order chi connectivity index (χ0) is 18.7. The van der Waals surface area contributed by atoms with Crippen LogP contribution in [0.3, 0.4) is 0 Å². The van der Waals surface area contributed by atoms with E-state index in [0.717, 1.165) is 57.8 Å². The van der Waals surface area contributed by atoms with Gasteiger partial charge in [-0.2, -0.15) is 0 Å². The second-order valence-electron chi connectivity index (χ2n) is 8.40. The van der Waals surface area contributed by atoms with Gasteiger partial charge in [0.15, 0.2) is 5.96 Å². The number of aliphatic imine (C=N–C) groups is 1. The van der Waals surface area contributed by atoms with Gasteiger partial charge in [-0.3, -0.25) is 4.99 Å². The molecule has 28 heavy (non-hydrogen) atoms. The lowest BCUT2D eigenvalue weighted by Gasteiger charge is -2.39. The second kappa shape index (κ2) is 14.0. The summed E-state index contributed by atoms with van der Waals surface area (Å²) in [5, 5.41) is 7.06. The summed E-state index contributed by atoms with van der Waals surface area (Å²) in [5.74, 6) is 1.54. The fourth-order valence-corrected chi connectivity index (χ4v) is 4.59. The van der Waals surface area contributed by atoms with Crippen LogP contribution in [0.15, 0.2) is 4.99 Å². The Balaban J connectivity index is 0.00000280. The Kier molecular flexibility index (Phi) is 12.1. The van der Waals surface area contributed by atoms with Gasteiger partial charge in [0, 0.05) is 57.9 Å². The van der Waals surface area contributed by atoms with Crippen molar-refractivity contribution in [1.29, 1.82) is 0 Å². The third-order valence-corrected chi connectivity index (χ3v) is 6.32. The van der Waals surface area contributed by atoms with Gasteiger partial charge in [0.25, 0.3) is 0 Å². The zero-order valence-electron chi connectivity index (χ0n) is 17.7. The standard InChI is InChI=1S/C21H40N4O2.HI/c1-22-21(23-11-5-14-26-16-18-10-15-27-17-18)24-19-8-12-25(13-9-19)20-6-3-2-4-7-20;/h18-20H,2-17H2,1H3,(H2,22,23,24);1H. The van der Waals surface area contributed by atoms with Crippen LogP contribution in [0.2, 0.25) is 0 Å². The molecular formula is C21H41IN4O2. The number of rotatable bonds is 8. The molecule has 0 aromatic rings. The number of piperidine rings is 1. The van der Waals surface area contributed by atoms with Crippen LogP contribution in [0.25, 0.3) is 0 Å². The van der Waals surface area contributed by atoms with Crippen LogP contribution in [0.4, 0.5) is 0 Å². The Morgan fingerprint density at radius 3 is 2.57 bits per heavy atom. The first-order chi connectivity index (χ1) is 13.3. The van der Waals surface area contributed by atoms with E-state index in [1.165, 1.54) is 58.0 Å². The maximum atomic E-state index is 5.77. The number of nitrogens with one attached hydrogen (secondary N) is 2. The minimum Gasteiger partial charge on any atom is -0.381 e. The van der Waals surface area contributed by atoms with Crippen molar-refractivity contribution in [2.75, 3.05) is 53.1 Å². The van der Waals surface area contributed by atoms with Crippen molar-refractivity contribution in [1.82, 2.24) is 15.5 Å². The summed E-state index contributed by atoms with van der Waals surface area (Å²) in [5.41, 5.74) is 0. The van der Waals surface area contributed by atoms with E-state index >= 15 is 0 Å². The summed E-state index contributed by atoms with van der Waals surface area (Å²) >= 11 is 0. The van der Waals surface area contributed by atoms with Crippen molar-refractivity contribution in [2.45, 2.75) is 69.9 Å². The monoisotopic (exact) mass is 508 g/mol. The highest BCUT2D eigenvalue weighted by Gasteiger charge is 2.26. The Morgan fingerprint density at radius 1 is 1.11 bits per heavy atom. The van der Waals surface area contributed by atoms with Crippen LogP contribution in [0, 0.1) is 5.92 Å². The molecule has 3 rings (SSSR count). The molecular weight excluding hydrogens is 467 g/mol. The first-order valence-corrected chi connectivity index (χ1v) is 11.2. The molecule has 0 bridgehead atoms. The van der Waals surface area contributed by atoms with E-state index in [-0.39, 0.29) is 24.0 Å². The van der Waals surface area contributed by atoms with E-state index in [9.17, 15) is 0 Å². The molecule has 2 N–H and O–H groups in total. The lowest BCUT2D eigenvalue weighted by molar-refractivity contribution is 0.0887. The fourth-order valence-electron chi connectivity index (χ4n) is 4.59. The predicted molar refractivity (Wildman–Crippen MR) is 126 cm³/mol. The molecule has 2 heterocycles. The molecule has 0 spiro atoms. The Morgan fingerprint density at radius 2 is 1.89 bits per heavy atom. The van der Waals surface area contributed by atoms with E-state index in [0.29, 0.717) is 12.0 Å². The lowest BCUT2D eigenvalue weighted by atomic mass is 9.92. The summed E-state index contributed by atoms with van der Waals surface area (Å²) in [6.07, 6.45) is 11.7. The molecule has 164 valence electrons. The van der Waals surface area contributed by atoms with Gasteiger partial charge in [-0.1, -0.05) is 19.3 Å². The molecule has 1 saturated carbocycles. The Labute approximate surface area is 188 Å². The second-order valence-corrected chi connectivity index (χ2v) is 8.40. The van der Waals surface area contributed by atoms with Gasteiger partial charge in [-0.15, -0.1) is 24.0 Å². The van der Waals surface area contributed by atoms with Crippen molar-refractivity contribution in [3.05, 3.63) is 0 Å². The van der Waals surface area contributed by atoms with Gasteiger partial charge >= 0.3 is 0 Å². The molecule has 7 heteroatoms. The maximum absolute atomic E-state index is 5.77. The van der Waals surface area contributed by atoms with Gasteiger partial charge in [-0.25, -0.2) is 0 Å². The summed E-state index contributed by atoms with van der Waals surface area (Å²) < 4.78 is 11.1. The van der Waals surface area contributed by atoms with E-state index in [4.69, 9.17) is 9.47 Å². The minimum absolute atomic E-state index is 0. The molecule has 0 amide bonds. The van der Waals surface area contributed by atoms with Crippen molar-refractivity contribution >= 4 is 29.9 Å². The number of likely N-dealkylation sites (tertiary alicyclic amines) is 1. The molecule has 3 fully saturated rings. The van der Waals surface area contributed by atoms with E-state index < -0.39 is 0 Å². The molecule has 1 aliphatic carbocycles. The van der Waals surface area contributed by atoms with Crippen LogP contribution < -0.4 is 10.6 Å². The molecule has 0 aromatic heterocycles. The number of hydrogen-bond acceptors (Lipinski definition) is 4. The highest BCUT2D eigenvalue weighted by Crippen LogP contribution is 2.25. The summed E-state index contributed by atoms with van der Waals surface area (Å²) in [7, 11) is 1.86. The van der Waals surface area contributed by atoms with Crippen LogP contribution in [-0.2, 0) is 9.47 Å². The van der Waals surface area contributed by atoms with Crippen molar-refractivity contribution in [3.63, 3.8) is 0 Å². The first kappa shape index (κ1) is 24.2. The maximum Gasteiger partial charge on any atom is 0.191 e. The quantitative estimate of drug-likeness (QED) is 0.229. The fraction of sp³-hybridized carbons (Fsp3) is 0.952. The normalized spacial score (nSPS) is 25.5. The topological polar surface area (TPSA) is 58.1 Å². The number of guanidine groups is 1. The molecule has 0 radical (unpaired) electrons. The lowest BCUT2D eigenvalue weighted by Crippen LogP contribution is -2.51. The Bertz CT molecular complexity index is 432. The van der Waals surface area contributed by atoms with Gasteiger partial charge in [-0.05, 0) is 38.5 Å². The highest BCUT2D eigenvalue weighted by molar-refractivity contribution is 14.0. The van der Waals surface area contributed by atoms with Gasteiger partial charge in [0.1, 0.15) is 0 Å². The number of halogens is 1. The molecule has 3 aliphatic rings.